The number of thiophene rings is 1. The maximum atomic E-state index is 12.1. The van der Waals surface area contributed by atoms with E-state index in [0.29, 0.717) is 27.8 Å². The molecule has 0 radical (unpaired) electrons. The Morgan fingerprint density at radius 3 is 3.08 bits per heavy atom. The van der Waals surface area contributed by atoms with Gasteiger partial charge in [0.1, 0.15) is 16.8 Å². The minimum atomic E-state index is -0.288. The Bertz CT molecular complexity index is 853. The zero-order chi connectivity index (χ0) is 16.5. The first kappa shape index (κ1) is 14.8. The number of carbonyl (C=O) groups is 1. The van der Waals surface area contributed by atoms with Gasteiger partial charge in [-0.05, 0) is 37.0 Å². The number of fused-ring (bicyclic) bond motifs is 2. The fourth-order valence-electron chi connectivity index (χ4n) is 2.89. The molecular weight excluding hydrogens is 328 g/mol. The maximum absolute atomic E-state index is 12.1. The van der Waals surface area contributed by atoms with E-state index in [-0.39, 0.29) is 19.3 Å². The molecule has 0 saturated heterocycles. The first-order chi connectivity index (χ1) is 11.7. The third-order valence-electron chi connectivity index (χ3n) is 4.00. The SMILES string of the molecule is N#Cc1c(NC(=O)COc2ccc3c(c2)OCO3)sc2c1CCC2. The topological polar surface area (TPSA) is 80.6 Å². The average molecular weight is 342 g/mol. The summed E-state index contributed by atoms with van der Waals surface area (Å²) in [4.78, 5) is 13.3. The minimum Gasteiger partial charge on any atom is -0.484 e. The molecule has 1 aliphatic heterocycles. The number of rotatable bonds is 4. The lowest BCUT2D eigenvalue weighted by molar-refractivity contribution is -0.118. The zero-order valence-corrected chi connectivity index (χ0v) is 13.6. The highest BCUT2D eigenvalue weighted by Crippen LogP contribution is 2.38. The Morgan fingerprint density at radius 1 is 1.33 bits per heavy atom. The number of anilines is 1. The van der Waals surface area contributed by atoms with E-state index in [1.54, 1.807) is 18.2 Å². The normalized spacial score (nSPS) is 14.1. The van der Waals surface area contributed by atoms with Crippen molar-refractivity contribution in [1.29, 1.82) is 5.26 Å². The van der Waals surface area contributed by atoms with Gasteiger partial charge in [0.15, 0.2) is 18.1 Å². The van der Waals surface area contributed by atoms with Gasteiger partial charge < -0.3 is 19.5 Å². The van der Waals surface area contributed by atoms with Crippen LogP contribution < -0.4 is 19.5 Å². The van der Waals surface area contributed by atoms with Crippen molar-refractivity contribution in [3.8, 4) is 23.3 Å². The molecule has 6 nitrogen and oxygen atoms in total. The number of nitrogens with zero attached hydrogens (tertiary/aromatic N) is 1. The molecule has 1 aromatic carbocycles. The van der Waals surface area contributed by atoms with Gasteiger partial charge in [-0.3, -0.25) is 4.79 Å². The van der Waals surface area contributed by atoms with E-state index in [9.17, 15) is 10.1 Å². The smallest absolute Gasteiger partial charge is 0.262 e. The van der Waals surface area contributed by atoms with Crippen LogP contribution in [-0.2, 0) is 17.6 Å². The fraction of sp³-hybridized carbons (Fsp3) is 0.294. The molecule has 1 aliphatic carbocycles. The number of hydrogen-bond donors (Lipinski definition) is 1. The van der Waals surface area contributed by atoms with Gasteiger partial charge in [-0.2, -0.15) is 5.26 Å². The Morgan fingerprint density at radius 2 is 2.21 bits per heavy atom. The number of amides is 1. The van der Waals surface area contributed by atoms with Crippen molar-refractivity contribution in [2.45, 2.75) is 19.3 Å². The molecule has 0 bridgehead atoms. The molecule has 1 N–H and O–H groups in total. The number of nitrogens with one attached hydrogen (secondary N) is 1. The molecule has 0 spiro atoms. The van der Waals surface area contributed by atoms with Crippen molar-refractivity contribution in [3.05, 3.63) is 34.2 Å². The van der Waals surface area contributed by atoms with Crippen LogP contribution in [0.1, 0.15) is 22.4 Å². The molecule has 2 aromatic rings. The van der Waals surface area contributed by atoms with Gasteiger partial charge in [0.05, 0.1) is 5.56 Å². The van der Waals surface area contributed by atoms with E-state index in [2.05, 4.69) is 11.4 Å². The summed E-state index contributed by atoms with van der Waals surface area (Å²) < 4.78 is 16.0. The van der Waals surface area contributed by atoms with Crippen molar-refractivity contribution in [3.63, 3.8) is 0 Å². The first-order valence-corrected chi connectivity index (χ1v) is 8.43. The summed E-state index contributed by atoms with van der Waals surface area (Å²) in [6, 6.07) is 7.36. The number of ether oxygens (including phenoxy) is 3. The second-order valence-corrected chi connectivity index (χ2v) is 6.63. The molecule has 2 heterocycles. The summed E-state index contributed by atoms with van der Waals surface area (Å²) in [5, 5.41) is 12.7. The third-order valence-corrected chi connectivity index (χ3v) is 5.21. The molecule has 2 aliphatic rings. The predicted molar refractivity (Wildman–Crippen MR) is 87.7 cm³/mol. The van der Waals surface area contributed by atoms with Crippen LogP contribution in [0, 0.1) is 11.3 Å². The van der Waals surface area contributed by atoms with Crippen LogP contribution in [0.5, 0.6) is 17.2 Å². The summed E-state index contributed by atoms with van der Waals surface area (Å²) >= 11 is 1.49. The number of nitriles is 1. The van der Waals surface area contributed by atoms with E-state index in [1.165, 1.54) is 16.2 Å². The van der Waals surface area contributed by atoms with Crippen molar-refractivity contribution < 1.29 is 19.0 Å². The van der Waals surface area contributed by atoms with Gasteiger partial charge in [0, 0.05) is 10.9 Å². The standard InChI is InChI=1S/C17H14N2O4S/c18-7-12-11-2-1-3-15(11)24-17(12)19-16(20)8-21-10-4-5-13-14(6-10)23-9-22-13/h4-6H,1-3,8-9H2,(H,19,20). The van der Waals surface area contributed by atoms with Crippen molar-refractivity contribution in [1.82, 2.24) is 0 Å². The zero-order valence-electron chi connectivity index (χ0n) is 12.8. The van der Waals surface area contributed by atoms with E-state index in [1.807, 2.05) is 0 Å². The first-order valence-electron chi connectivity index (χ1n) is 7.61. The molecule has 122 valence electrons. The Hall–Kier alpha value is -2.72. The van der Waals surface area contributed by atoms with E-state index in [4.69, 9.17) is 14.2 Å². The summed E-state index contributed by atoms with van der Waals surface area (Å²) in [5.74, 6) is 1.51. The van der Waals surface area contributed by atoms with Crippen LogP contribution in [-0.4, -0.2) is 19.3 Å². The number of hydrogen-bond acceptors (Lipinski definition) is 6. The van der Waals surface area contributed by atoms with E-state index >= 15 is 0 Å². The average Bonchev–Trinajstić information content (AvgIpc) is 3.27. The van der Waals surface area contributed by atoms with Crippen LogP contribution in [0.4, 0.5) is 5.00 Å². The molecule has 7 heteroatoms. The highest BCUT2D eigenvalue weighted by atomic mass is 32.1. The van der Waals surface area contributed by atoms with Gasteiger partial charge >= 0.3 is 0 Å². The highest BCUT2D eigenvalue weighted by molar-refractivity contribution is 7.16. The van der Waals surface area contributed by atoms with Gasteiger partial charge in [-0.25, -0.2) is 0 Å². The van der Waals surface area contributed by atoms with Crippen molar-refractivity contribution >= 4 is 22.2 Å². The minimum absolute atomic E-state index is 0.132. The number of aryl methyl sites for hydroxylation is 1. The maximum Gasteiger partial charge on any atom is 0.262 e. The van der Waals surface area contributed by atoms with Crippen molar-refractivity contribution in [2.75, 3.05) is 18.7 Å². The lowest BCUT2D eigenvalue weighted by Gasteiger charge is -2.07. The Labute approximate surface area is 142 Å². The number of carbonyl (C=O) groups excluding carboxylic acids is 1. The monoisotopic (exact) mass is 342 g/mol. The quantitative estimate of drug-likeness (QED) is 0.924. The van der Waals surface area contributed by atoms with Crippen LogP contribution >= 0.6 is 11.3 Å². The third kappa shape index (κ3) is 2.65. The fourth-order valence-corrected chi connectivity index (χ4v) is 4.14. The van der Waals surface area contributed by atoms with Gasteiger partial charge in [0.2, 0.25) is 6.79 Å². The summed E-state index contributed by atoms with van der Waals surface area (Å²) in [7, 11) is 0. The van der Waals surface area contributed by atoms with Gasteiger partial charge in [-0.1, -0.05) is 0 Å². The Balaban J connectivity index is 1.40. The van der Waals surface area contributed by atoms with E-state index in [0.717, 1.165) is 24.8 Å². The molecule has 0 unspecified atom stereocenters. The lowest BCUT2D eigenvalue weighted by atomic mass is 10.1. The van der Waals surface area contributed by atoms with Crippen LogP contribution in [0.3, 0.4) is 0 Å². The largest absolute Gasteiger partial charge is 0.484 e. The van der Waals surface area contributed by atoms with Crippen LogP contribution in [0.2, 0.25) is 0 Å². The molecule has 0 atom stereocenters. The van der Waals surface area contributed by atoms with Gasteiger partial charge in [0.25, 0.3) is 5.91 Å². The molecule has 1 aromatic heterocycles. The van der Waals surface area contributed by atoms with Gasteiger partial charge in [-0.15, -0.1) is 11.3 Å². The highest BCUT2D eigenvalue weighted by Gasteiger charge is 2.23. The molecular formula is C17H14N2O4S. The van der Waals surface area contributed by atoms with Crippen molar-refractivity contribution in [2.24, 2.45) is 0 Å². The summed E-state index contributed by atoms with van der Waals surface area (Å²) in [5.41, 5.74) is 1.69. The Kier molecular flexibility index (Phi) is 3.75. The summed E-state index contributed by atoms with van der Waals surface area (Å²) in [6.07, 6.45) is 2.98. The number of benzene rings is 1. The molecule has 4 rings (SSSR count). The summed E-state index contributed by atoms with van der Waals surface area (Å²) in [6.45, 7) is 0.0618. The lowest BCUT2D eigenvalue weighted by Crippen LogP contribution is -2.20. The predicted octanol–water partition coefficient (Wildman–Crippen LogP) is 2.85. The molecule has 0 saturated carbocycles. The molecule has 24 heavy (non-hydrogen) atoms. The second-order valence-electron chi connectivity index (χ2n) is 5.53. The van der Waals surface area contributed by atoms with Crippen LogP contribution in [0.25, 0.3) is 0 Å². The van der Waals surface area contributed by atoms with Crippen LogP contribution in [0.15, 0.2) is 18.2 Å². The molecule has 0 fully saturated rings. The van der Waals surface area contributed by atoms with E-state index < -0.39 is 0 Å². The molecule has 1 amide bonds. The second kappa shape index (κ2) is 6.06.